The van der Waals surface area contributed by atoms with Gasteiger partial charge in [0, 0.05) is 17.8 Å². The Kier molecular flexibility index (Phi) is 4.04. The molecule has 1 fully saturated rings. The summed E-state index contributed by atoms with van der Waals surface area (Å²) in [6.07, 6.45) is 7.66. The quantitative estimate of drug-likeness (QED) is 0.895. The number of carbonyl (C=O) groups is 1. The molecule has 1 saturated carbocycles. The maximum Gasteiger partial charge on any atom is 0.252 e. The molecule has 0 saturated heterocycles. The van der Waals surface area contributed by atoms with Gasteiger partial charge in [-0.05, 0) is 44.7 Å². The number of rotatable bonds is 4. The number of anilines is 1. The summed E-state index contributed by atoms with van der Waals surface area (Å²) in [5.74, 6) is 0.147. The molecule has 2 aromatic heterocycles. The van der Waals surface area contributed by atoms with Gasteiger partial charge in [-0.1, -0.05) is 0 Å². The molecule has 7 heteroatoms. The number of primary amides is 1. The van der Waals surface area contributed by atoms with Crippen LogP contribution in [0.5, 0.6) is 0 Å². The van der Waals surface area contributed by atoms with Crippen LogP contribution in [0.2, 0.25) is 0 Å². The van der Waals surface area contributed by atoms with Gasteiger partial charge in [0.25, 0.3) is 5.91 Å². The third kappa shape index (κ3) is 3.08. The second-order valence-corrected chi connectivity index (χ2v) is 5.77. The minimum Gasteiger partial charge on any atom is -0.367 e. The Morgan fingerprint density at radius 1 is 1.23 bits per heavy atom. The number of hydrogen-bond donors (Lipinski definition) is 2. The first-order chi connectivity index (χ1) is 10.6. The van der Waals surface area contributed by atoms with Crippen molar-refractivity contribution in [3.05, 3.63) is 36.0 Å². The first kappa shape index (κ1) is 14.5. The van der Waals surface area contributed by atoms with E-state index < -0.39 is 5.91 Å². The monoisotopic (exact) mass is 300 g/mol. The lowest BCUT2D eigenvalue weighted by atomic mass is 9.91. The lowest BCUT2D eigenvalue weighted by molar-refractivity contribution is 0.100. The molecule has 0 aliphatic heterocycles. The first-order valence-electron chi connectivity index (χ1n) is 7.51. The van der Waals surface area contributed by atoms with Gasteiger partial charge >= 0.3 is 0 Å². The predicted molar refractivity (Wildman–Crippen MR) is 82.4 cm³/mol. The Bertz CT molecular complexity index is 646. The molecule has 1 aliphatic rings. The van der Waals surface area contributed by atoms with Gasteiger partial charge < -0.3 is 15.6 Å². The van der Waals surface area contributed by atoms with E-state index in [0.717, 1.165) is 31.4 Å². The Labute approximate surface area is 129 Å². The Morgan fingerprint density at radius 2 is 1.91 bits per heavy atom. The van der Waals surface area contributed by atoms with E-state index in [9.17, 15) is 4.79 Å². The second-order valence-electron chi connectivity index (χ2n) is 5.77. The first-order valence-corrected chi connectivity index (χ1v) is 7.51. The number of nitrogens with zero attached hydrogens (tertiary/aromatic N) is 4. The van der Waals surface area contributed by atoms with Crippen molar-refractivity contribution in [1.29, 1.82) is 0 Å². The van der Waals surface area contributed by atoms with Crippen LogP contribution >= 0.6 is 0 Å². The number of pyridine rings is 1. The largest absolute Gasteiger partial charge is 0.367 e. The average Bonchev–Trinajstić information content (AvgIpc) is 3.02. The lowest BCUT2D eigenvalue weighted by Gasteiger charge is -2.30. The zero-order valence-corrected chi connectivity index (χ0v) is 12.6. The Morgan fingerprint density at radius 3 is 2.55 bits per heavy atom. The molecule has 22 heavy (non-hydrogen) atoms. The topological polar surface area (TPSA) is 98.7 Å². The van der Waals surface area contributed by atoms with Gasteiger partial charge in [-0.3, -0.25) is 4.79 Å². The number of aromatic nitrogens is 4. The van der Waals surface area contributed by atoms with Crippen LogP contribution < -0.4 is 11.1 Å². The number of aryl methyl sites for hydroxylation is 1. The van der Waals surface area contributed by atoms with Gasteiger partial charge in [-0.15, -0.1) is 10.2 Å². The minimum absolute atomic E-state index is 0.306. The Hall–Kier alpha value is -2.44. The molecular weight excluding hydrogens is 280 g/mol. The average molecular weight is 300 g/mol. The summed E-state index contributed by atoms with van der Waals surface area (Å²) in [7, 11) is 0. The molecule has 116 valence electrons. The van der Waals surface area contributed by atoms with Crippen molar-refractivity contribution in [1.82, 2.24) is 19.7 Å². The molecular formula is C15H20N6O. The van der Waals surface area contributed by atoms with Crippen LogP contribution in [0.4, 0.5) is 5.82 Å². The van der Waals surface area contributed by atoms with Crippen LogP contribution in [0, 0.1) is 6.92 Å². The maximum atomic E-state index is 11.5. The fourth-order valence-corrected chi connectivity index (χ4v) is 2.97. The number of nitrogens with two attached hydrogens (primary N) is 1. The summed E-state index contributed by atoms with van der Waals surface area (Å²) in [6, 6.07) is 4.29. The number of carbonyl (C=O) groups excluding carboxylic acids is 1. The normalized spacial score (nSPS) is 21.5. The highest BCUT2D eigenvalue weighted by Gasteiger charge is 2.23. The van der Waals surface area contributed by atoms with Crippen LogP contribution in [0.1, 0.15) is 47.8 Å². The van der Waals surface area contributed by atoms with Gasteiger partial charge in [0.1, 0.15) is 18.5 Å². The number of hydrogen-bond acceptors (Lipinski definition) is 5. The molecule has 0 unspecified atom stereocenters. The third-order valence-electron chi connectivity index (χ3n) is 4.20. The fraction of sp³-hybridized carbons (Fsp3) is 0.467. The summed E-state index contributed by atoms with van der Waals surface area (Å²) >= 11 is 0. The molecule has 7 nitrogen and oxygen atoms in total. The number of nitrogens with one attached hydrogen (secondary N) is 1. The van der Waals surface area contributed by atoms with E-state index in [1.54, 1.807) is 24.8 Å². The molecule has 3 N–H and O–H groups in total. The highest BCUT2D eigenvalue weighted by atomic mass is 16.1. The van der Waals surface area contributed by atoms with E-state index in [-0.39, 0.29) is 0 Å². The lowest BCUT2D eigenvalue weighted by Crippen LogP contribution is -2.29. The van der Waals surface area contributed by atoms with Gasteiger partial charge in [0.2, 0.25) is 0 Å². The molecule has 0 spiro atoms. The second kappa shape index (κ2) is 6.13. The molecule has 2 aromatic rings. The van der Waals surface area contributed by atoms with Crippen molar-refractivity contribution in [2.75, 3.05) is 5.32 Å². The Balaban J connectivity index is 1.66. The van der Waals surface area contributed by atoms with E-state index in [1.165, 1.54) is 0 Å². The van der Waals surface area contributed by atoms with E-state index in [0.29, 0.717) is 23.5 Å². The third-order valence-corrected chi connectivity index (χ3v) is 4.20. The van der Waals surface area contributed by atoms with Gasteiger partial charge in [0.15, 0.2) is 0 Å². The van der Waals surface area contributed by atoms with E-state index in [4.69, 9.17) is 5.73 Å². The predicted octanol–water partition coefficient (Wildman–Crippen LogP) is 1.68. The highest BCUT2D eigenvalue weighted by molar-refractivity contribution is 5.97. The summed E-state index contributed by atoms with van der Waals surface area (Å²) < 4.78 is 2.07. The molecule has 0 atom stereocenters. The summed E-state index contributed by atoms with van der Waals surface area (Å²) in [6.45, 7) is 1.90. The molecule has 0 aromatic carbocycles. The van der Waals surface area contributed by atoms with Crippen molar-refractivity contribution < 1.29 is 4.79 Å². The van der Waals surface area contributed by atoms with Crippen LogP contribution in [0.25, 0.3) is 0 Å². The molecule has 0 radical (unpaired) electrons. The molecule has 1 aliphatic carbocycles. The van der Waals surface area contributed by atoms with Crippen molar-refractivity contribution >= 4 is 11.7 Å². The summed E-state index contributed by atoms with van der Waals surface area (Å²) in [5, 5.41) is 11.1. The molecule has 1 amide bonds. The molecule has 2 heterocycles. The van der Waals surface area contributed by atoms with E-state index >= 15 is 0 Å². The maximum absolute atomic E-state index is 11.5. The van der Waals surface area contributed by atoms with Gasteiger partial charge in [0.05, 0.1) is 5.56 Å². The van der Waals surface area contributed by atoms with Crippen LogP contribution in [0.15, 0.2) is 24.8 Å². The number of amides is 1. The zero-order valence-electron chi connectivity index (χ0n) is 12.6. The van der Waals surface area contributed by atoms with Gasteiger partial charge in [-0.25, -0.2) is 4.98 Å². The minimum atomic E-state index is -0.451. The van der Waals surface area contributed by atoms with Crippen LogP contribution in [-0.4, -0.2) is 31.7 Å². The van der Waals surface area contributed by atoms with E-state index in [1.807, 2.05) is 6.92 Å². The van der Waals surface area contributed by atoms with Crippen molar-refractivity contribution in [3.63, 3.8) is 0 Å². The highest BCUT2D eigenvalue weighted by Crippen LogP contribution is 2.30. The summed E-state index contributed by atoms with van der Waals surface area (Å²) in [4.78, 5) is 15.9. The van der Waals surface area contributed by atoms with E-state index in [2.05, 4.69) is 25.1 Å². The molecule has 0 bridgehead atoms. The van der Waals surface area contributed by atoms with Crippen molar-refractivity contribution in [2.45, 2.75) is 44.7 Å². The standard InChI is InChI=1S/C15H20N6O/c1-10-2-7-13(14(16)22)15(19-10)20-11-3-5-12(6-4-11)21-8-17-18-9-21/h2,7-9,11-12H,3-6H2,1H3,(H2,16,22)(H,19,20). The molecule has 3 rings (SSSR count). The van der Waals surface area contributed by atoms with Crippen LogP contribution in [0.3, 0.4) is 0 Å². The zero-order chi connectivity index (χ0) is 15.5. The smallest absolute Gasteiger partial charge is 0.252 e. The van der Waals surface area contributed by atoms with Gasteiger partial charge in [-0.2, -0.15) is 0 Å². The van der Waals surface area contributed by atoms with Crippen molar-refractivity contribution in [2.24, 2.45) is 5.73 Å². The fourth-order valence-electron chi connectivity index (χ4n) is 2.97. The van der Waals surface area contributed by atoms with Crippen molar-refractivity contribution in [3.8, 4) is 0 Å². The van der Waals surface area contributed by atoms with Crippen LogP contribution in [-0.2, 0) is 0 Å². The summed E-state index contributed by atoms with van der Waals surface area (Å²) in [5.41, 5.74) is 6.74. The SMILES string of the molecule is Cc1ccc(C(N)=O)c(NC2CCC(n3cnnc3)CC2)n1.